The van der Waals surface area contributed by atoms with E-state index < -0.39 is 0 Å². The van der Waals surface area contributed by atoms with Crippen molar-refractivity contribution in [3.63, 3.8) is 0 Å². The van der Waals surface area contributed by atoms with Crippen LogP contribution in [0.2, 0.25) is 0 Å². The molecule has 6 nitrogen and oxygen atoms in total. The Morgan fingerprint density at radius 1 is 1.33 bits per heavy atom. The van der Waals surface area contributed by atoms with Crippen molar-refractivity contribution in [2.45, 2.75) is 6.42 Å². The molecule has 1 aromatic heterocycles. The highest BCUT2D eigenvalue weighted by molar-refractivity contribution is 5.92. The molecule has 0 bridgehead atoms. The second kappa shape index (κ2) is 7.88. The van der Waals surface area contributed by atoms with E-state index in [1.807, 2.05) is 17.0 Å². The molecule has 0 unspecified atom stereocenters. The summed E-state index contributed by atoms with van der Waals surface area (Å²) in [5.41, 5.74) is 1.58. The van der Waals surface area contributed by atoms with E-state index in [1.54, 1.807) is 13.3 Å². The van der Waals surface area contributed by atoms with Crippen LogP contribution < -0.4 is 4.74 Å². The maximum Gasteiger partial charge on any atom is 0.274 e. The van der Waals surface area contributed by atoms with Gasteiger partial charge < -0.3 is 14.4 Å². The Bertz CT molecular complexity index is 661. The maximum absolute atomic E-state index is 12.6. The van der Waals surface area contributed by atoms with Crippen LogP contribution in [0.3, 0.4) is 0 Å². The summed E-state index contributed by atoms with van der Waals surface area (Å²) in [6.45, 7) is 2.43. The molecular weight excluding hydrogens is 306 g/mol. The average molecular weight is 327 g/mol. The third kappa shape index (κ3) is 4.08. The lowest BCUT2D eigenvalue weighted by molar-refractivity contribution is 0.0731. The molecule has 24 heavy (non-hydrogen) atoms. The summed E-state index contributed by atoms with van der Waals surface area (Å²) in [6, 6.07) is 8.02. The molecule has 0 saturated carbocycles. The van der Waals surface area contributed by atoms with Crippen LogP contribution in [-0.2, 0) is 11.2 Å². The highest BCUT2D eigenvalue weighted by Crippen LogP contribution is 2.18. The van der Waals surface area contributed by atoms with E-state index in [1.165, 1.54) is 18.0 Å². The van der Waals surface area contributed by atoms with Gasteiger partial charge in [0.1, 0.15) is 11.4 Å². The van der Waals surface area contributed by atoms with Gasteiger partial charge in [-0.1, -0.05) is 12.1 Å². The topological polar surface area (TPSA) is 64.6 Å². The van der Waals surface area contributed by atoms with Crippen molar-refractivity contribution in [1.82, 2.24) is 14.9 Å². The fraction of sp³-hybridized carbons (Fsp3) is 0.389. The Morgan fingerprint density at radius 3 is 2.88 bits per heavy atom. The van der Waals surface area contributed by atoms with Crippen molar-refractivity contribution in [3.05, 3.63) is 54.1 Å². The Balaban J connectivity index is 1.66. The van der Waals surface area contributed by atoms with Crippen LogP contribution in [0.15, 0.2) is 42.9 Å². The van der Waals surface area contributed by atoms with Crippen molar-refractivity contribution in [2.75, 3.05) is 33.4 Å². The predicted molar refractivity (Wildman–Crippen MR) is 88.9 cm³/mol. The molecule has 0 aliphatic carbocycles. The molecule has 2 aromatic rings. The number of ether oxygens (including phenoxy) is 2. The van der Waals surface area contributed by atoms with Gasteiger partial charge in [0.05, 0.1) is 26.5 Å². The maximum atomic E-state index is 12.6. The smallest absolute Gasteiger partial charge is 0.274 e. The van der Waals surface area contributed by atoms with Crippen LogP contribution in [-0.4, -0.2) is 54.2 Å². The Kier molecular flexibility index (Phi) is 5.38. The summed E-state index contributed by atoms with van der Waals surface area (Å²) >= 11 is 0. The van der Waals surface area contributed by atoms with E-state index in [9.17, 15) is 4.79 Å². The Hall–Kier alpha value is -2.47. The van der Waals surface area contributed by atoms with E-state index in [-0.39, 0.29) is 11.8 Å². The van der Waals surface area contributed by atoms with E-state index in [2.05, 4.69) is 22.1 Å². The lowest BCUT2D eigenvalue weighted by Crippen LogP contribution is -2.36. The van der Waals surface area contributed by atoms with Gasteiger partial charge in [-0.3, -0.25) is 9.78 Å². The van der Waals surface area contributed by atoms with E-state index in [0.717, 1.165) is 12.2 Å². The van der Waals surface area contributed by atoms with E-state index in [4.69, 9.17) is 9.47 Å². The third-order valence-corrected chi connectivity index (χ3v) is 4.09. The molecule has 0 spiro atoms. The fourth-order valence-corrected chi connectivity index (χ4v) is 2.85. The number of aromatic nitrogens is 2. The minimum atomic E-state index is -0.0895. The summed E-state index contributed by atoms with van der Waals surface area (Å²) in [7, 11) is 1.66. The first kappa shape index (κ1) is 16.4. The number of amides is 1. The van der Waals surface area contributed by atoms with Crippen molar-refractivity contribution >= 4 is 5.91 Å². The van der Waals surface area contributed by atoms with Gasteiger partial charge in [-0.15, -0.1) is 0 Å². The van der Waals surface area contributed by atoms with Gasteiger partial charge in [0.2, 0.25) is 0 Å². The zero-order valence-electron chi connectivity index (χ0n) is 13.7. The van der Waals surface area contributed by atoms with Gasteiger partial charge in [0.25, 0.3) is 5.91 Å². The molecule has 1 aliphatic heterocycles. The number of benzene rings is 1. The zero-order chi connectivity index (χ0) is 16.8. The molecule has 6 heteroatoms. The van der Waals surface area contributed by atoms with Crippen LogP contribution in [0, 0.1) is 5.92 Å². The van der Waals surface area contributed by atoms with Gasteiger partial charge in [-0.25, -0.2) is 4.98 Å². The van der Waals surface area contributed by atoms with Crippen LogP contribution in [0.5, 0.6) is 5.75 Å². The first-order valence-electron chi connectivity index (χ1n) is 8.02. The van der Waals surface area contributed by atoms with Crippen molar-refractivity contribution in [1.29, 1.82) is 0 Å². The number of methoxy groups -OCH3 is 1. The Morgan fingerprint density at radius 2 is 2.17 bits per heavy atom. The van der Waals surface area contributed by atoms with Crippen LogP contribution in [0.25, 0.3) is 0 Å². The Labute approximate surface area is 141 Å². The predicted octanol–water partition coefficient (Wildman–Crippen LogP) is 1.82. The third-order valence-electron chi connectivity index (χ3n) is 4.09. The highest BCUT2D eigenvalue weighted by Gasteiger charge is 2.24. The summed E-state index contributed by atoms with van der Waals surface area (Å²) in [6.07, 6.45) is 5.46. The van der Waals surface area contributed by atoms with Gasteiger partial charge in [0, 0.05) is 31.4 Å². The summed E-state index contributed by atoms with van der Waals surface area (Å²) in [5, 5.41) is 0. The van der Waals surface area contributed by atoms with Crippen LogP contribution >= 0.6 is 0 Å². The monoisotopic (exact) mass is 327 g/mol. The first-order chi connectivity index (χ1) is 11.8. The molecule has 0 N–H and O–H groups in total. The van der Waals surface area contributed by atoms with Crippen LogP contribution in [0.4, 0.5) is 0 Å². The average Bonchev–Trinajstić information content (AvgIpc) is 2.88. The molecular formula is C18H21N3O3. The quantitative estimate of drug-likeness (QED) is 0.857. The minimum absolute atomic E-state index is 0.0895. The number of hydrogen-bond acceptors (Lipinski definition) is 5. The van der Waals surface area contributed by atoms with Crippen molar-refractivity contribution in [2.24, 2.45) is 5.92 Å². The van der Waals surface area contributed by atoms with E-state index in [0.29, 0.717) is 32.0 Å². The number of carbonyl (C=O) groups excluding carboxylic acids is 1. The van der Waals surface area contributed by atoms with Crippen molar-refractivity contribution in [3.8, 4) is 5.75 Å². The standard InChI is InChI=1S/C18H21N3O3/c1-23-16-4-2-14(3-5-16)10-15-12-21(8-9-24-13-15)18(22)17-11-19-6-7-20-17/h2-7,11,15H,8-10,12-13H2,1H3/t15-/m1/s1. The summed E-state index contributed by atoms with van der Waals surface area (Å²) in [4.78, 5) is 22.5. The van der Waals surface area contributed by atoms with E-state index >= 15 is 0 Å². The number of nitrogens with zero attached hydrogens (tertiary/aromatic N) is 3. The van der Waals surface area contributed by atoms with Gasteiger partial charge >= 0.3 is 0 Å². The second-order valence-corrected chi connectivity index (χ2v) is 5.83. The minimum Gasteiger partial charge on any atom is -0.497 e. The lowest BCUT2D eigenvalue weighted by atomic mass is 9.99. The molecule has 1 aliphatic rings. The zero-order valence-corrected chi connectivity index (χ0v) is 13.7. The van der Waals surface area contributed by atoms with Gasteiger partial charge in [-0.2, -0.15) is 0 Å². The highest BCUT2D eigenvalue weighted by atomic mass is 16.5. The molecule has 126 valence electrons. The molecule has 3 rings (SSSR count). The summed E-state index contributed by atoms with van der Waals surface area (Å²) < 4.78 is 10.9. The molecule has 1 atom stereocenters. The lowest BCUT2D eigenvalue weighted by Gasteiger charge is -2.23. The second-order valence-electron chi connectivity index (χ2n) is 5.83. The number of rotatable bonds is 4. The molecule has 0 radical (unpaired) electrons. The SMILES string of the molecule is COc1ccc(C[C@H]2COCCN(C(=O)c3cnccn3)C2)cc1. The largest absolute Gasteiger partial charge is 0.497 e. The summed E-state index contributed by atoms with van der Waals surface area (Å²) in [5.74, 6) is 1.00. The van der Waals surface area contributed by atoms with Gasteiger partial charge in [-0.05, 0) is 24.1 Å². The molecule has 2 heterocycles. The number of hydrogen-bond donors (Lipinski definition) is 0. The molecule has 1 aromatic carbocycles. The van der Waals surface area contributed by atoms with Crippen LogP contribution in [0.1, 0.15) is 16.1 Å². The first-order valence-corrected chi connectivity index (χ1v) is 8.02. The molecule has 1 amide bonds. The van der Waals surface area contributed by atoms with Gasteiger partial charge in [0.15, 0.2) is 0 Å². The fourth-order valence-electron chi connectivity index (χ4n) is 2.85. The van der Waals surface area contributed by atoms with Crippen molar-refractivity contribution < 1.29 is 14.3 Å². The molecule has 1 fully saturated rings. The normalized spacial score (nSPS) is 18.0. The number of carbonyl (C=O) groups is 1. The molecule has 1 saturated heterocycles.